The van der Waals surface area contributed by atoms with Crippen molar-refractivity contribution in [2.45, 2.75) is 26.7 Å². The van der Waals surface area contributed by atoms with Crippen molar-refractivity contribution in [1.29, 1.82) is 0 Å². The van der Waals surface area contributed by atoms with Gasteiger partial charge in [0, 0.05) is 17.6 Å². The van der Waals surface area contributed by atoms with Gasteiger partial charge in [-0.05, 0) is 64.0 Å². The number of aryl methyl sites for hydroxylation is 2. The normalized spacial score (nSPS) is 15.1. The lowest BCUT2D eigenvalue weighted by atomic mass is 10.2. The molecule has 5 nitrogen and oxygen atoms in total. The summed E-state index contributed by atoms with van der Waals surface area (Å²) in [6, 6.07) is 12.3. The highest BCUT2D eigenvalue weighted by Crippen LogP contribution is 2.25. The second-order valence-corrected chi connectivity index (χ2v) is 6.73. The molecule has 0 aliphatic carbocycles. The summed E-state index contributed by atoms with van der Waals surface area (Å²) in [5.41, 5.74) is 2.97. The molecule has 0 spiro atoms. The van der Waals surface area contributed by atoms with E-state index in [1.54, 1.807) is 0 Å². The minimum atomic E-state index is 0.699. The number of fused-ring (bicyclic) bond motifs is 1. The zero-order valence-electron chi connectivity index (χ0n) is 14.9. The van der Waals surface area contributed by atoms with Crippen molar-refractivity contribution in [2.75, 3.05) is 26.2 Å². The van der Waals surface area contributed by atoms with Crippen LogP contribution in [0.15, 0.2) is 36.4 Å². The van der Waals surface area contributed by atoms with Gasteiger partial charge in [0.15, 0.2) is 5.82 Å². The van der Waals surface area contributed by atoms with Gasteiger partial charge in [0.25, 0.3) is 0 Å². The fourth-order valence-electron chi connectivity index (χ4n) is 3.50. The number of aromatic nitrogens is 3. The number of rotatable bonds is 5. The Balaban J connectivity index is 1.60. The molecule has 3 heterocycles. The maximum Gasteiger partial charge on any atom is 0.154 e. The molecule has 0 atom stereocenters. The quantitative estimate of drug-likeness (QED) is 0.715. The summed E-state index contributed by atoms with van der Waals surface area (Å²) in [6.07, 6.45) is 2.61. The van der Waals surface area contributed by atoms with E-state index in [0.29, 0.717) is 6.61 Å². The first-order valence-corrected chi connectivity index (χ1v) is 8.99. The average molecular weight is 336 g/mol. The van der Waals surface area contributed by atoms with Gasteiger partial charge < -0.3 is 4.74 Å². The zero-order chi connectivity index (χ0) is 17.2. The second kappa shape index (κ2) is 6.84. The molecule has 1 aromatic carbocycles. The van der Waals surface area contributed by atoms with Gasteiger partial charge in [0.05, 0.1) is 5.69 Å². The summed E-state index contributed by atoms with van der Waals surface area (Å²) in [4.78, 5) is 7.29. The highest BCUT2D eigenvalue weighted by molar-refractivity contribution is 5.85. The smallest absolute Gasteiger partial charge is 0.154 e. The van der Waals surface area contributed by atoms with E-state index in [4.69, 9.17) is 9.72 Å². The van der Waals surface area contributed by atoms with Gasteiger partial charge in [-0.1, -0.05) is 12.1 Å². The van der Waals surface area contributed by atoms with E-state index in [-0.39, 0.29) is 0 Å². The van der Waals surface area contributed by atoms with Gasteiger partial charge >= 0.3 is 0 Å². The monoisotopic (exact) mass is 336 g/mol. The van der Waals surface area contributed by atoms with E-state index in [0.717, 1.165) is 40.4 Å². The molecule has 0 saturated carbocycles. The first kappa shape index (κ1) is 16.1. The summed E-state index contributed by atoms with van der Waals surface area (Å²) in [6.45, 7) is 8.11. The van der Waals surface area contributed by atoms with Gasteiger partial charge in [0.2, 0.25) is 0 Å². The second-order valence-electron chi connectivity index (χ2n) is 6.73. The van der Waals surface area contributed by atoms with E-state index >= 15 is 0 Å². The Morgan fingerprint density at radius 1 is 1.08 bits per heavy atom. The van der Waals surface area contributed by atoms with Crippen molar-refractivity contribution in [2.24, 2.45) is 0 Å². The molecule has 25 heavy (non-hydrogen) atoms. The zero-order valence-corrected chi connectivity index (χ0v) is 14.9. The third-order valence-electron chi connectivity index (χ3n) is 4.76. The van der Waals surface area contributed by atoms with Gasteiger partial charge in [-0.15, -0.1) is 0 Å². The Bertz CT molecular complexity index is 881. The fourth-order valence-corrected chi connectivity index (χ4v) is 3.50. The number of benzene rings is 1. The first-order valence-electron chi connectivity index (χ1n) is 8.99. The van der Waals surface area contributed by atoms with Crippen LogP contribution < -0.4 is 4.74 Å². The SMILES string of the molecule is Cc1cc(C)n(-c2ccc3cccc(OCCN4CCCC4)c3n2)n1. The van der Waals surface area contributed by atoms with Crippen molar-refractivity contribution in [3.8, 4) is 11.6 Å². The van der Waals surface area contributed by atoms with Gasteiger partial charge in [0.1, 0.15) is 17.9 Å². The Morgan fingerprint density at radius 2 is 1.92 bits per heavy atom. The fraction of sp³-hybridized carbons (Fsp3) is 0.400. The lowest BCUT2D eigenvalue weighted by Crippen LogP contribution is -2.25. The Kier molecular flexibility index (Phi) is 4.40. The first-order chi connectivity index (χ1) is 12.2. The number of para-hydroxylation sites is 1. The van der Waals surface area contributed by atoms with Crippen LogP contribution in [0, 0.1) is 13.8 Å². The Hall–Kier alpha value is -2.40. The molecule has 0 radical (unpaired) electrons. The van der Waals surface area contributed by atoms with E-state index in [9.17, 15) is 0 Å². The van der Waals surface area contributed by atoms with Crippen molar-refractivity contribution in [3.63, 3.8) is 0 Å². The average Bonchev–Trinajstić information content (AvgIpc) is 3.24. The molecule has 1 aliphatic heterocycles. The lowest BCUT2D eigenvalue weighted by molar-refractivity contribution is 0.239. The van der Waals surface area contributed by atoms with Crippen molar-refractivity contribution in [1.82, 2.24) is 19.7 Å². The molecule has 4 rings (SSSR count). The summed E-state index contributed by atoms with van der Waals surface area (Å²) in [5, 5.41) is 5.63. The predicted octanol–water partition coefficient (Wildman–Crippen LogP) is 3.51. The van der Waals surface area contributed by atoms with Crippen molar-refractivity contribution < 1.29 is 4.74 Å². The summed E-state index contributed by atoms with van der Waals surface area (Å²) < 4.78 is 7.96. The van der Waals surface area contributed by atoms with Gasteiger partial charge in [-0.3, -0.25) is 4.90 Å². The molecular formula is C20H24N4O. The molecule has 5 heteroatoms. The predicted molar refractivity (Wildman–Crippen MR) is 99.5 cm³/mol. The number of likely N-dealkylation sites (tertiary alicyclic amines) is 1. The molecule has 0 N–H and O–H groups in total. The molecule has 0 amide bonds. The topological polar surface area (TPSA) is 43.2 Å². The molecule has 1 aliphatic rings. The van der Waals surface area contributed by atoms with Crippen LogP contribution in [0.1, 0.15) is 24.2 Å². The van der Waals surface area contributed by atoms with Crippen LogP contribution in [0.2, 0.25) is 0 Å². The Morgan fingerprint density at radius 3 is 2.68 bits per heavy atom. The summed E-state index contributed by atoms with van der Waals surface area (Å²) >= 11 is 0. The van der Waals surface area contributed by atoms with E-state index in [2.05, 4.69) is 28.2 Å². The maximum absolute atomic E-state index is 6.07. The third kappa shape index (κ3) is 3.37. The number of pyridine rings is 1. The molecule has 0 unspecified atom stereocenters. The summed E-state index contributed by atoms with van der Waals surface area (Å²) in [7, 11) is 0. The van der Waals surface area contributed by atoms with Crippen LogP contribution in [-0.4, -0.2) is 45.9 Å². The van der Waals surface area contributed by atoms with Crippen LogP contribution in [0.25, 0.3) is 16.7 Å². The standard InChI is InChI=1S/C20H24N4O/c1-15-14-16(2)24(22-15)19-9-8-17-6-5-7-18(20(17)21-19)25-13-12-23-10-3-4-11-23/h5-9,14H,3-4,10-13H2,1-2H3. The molecular weight excluding hydrogens is 312 g/mol. The number of hydrogen-bond acceptors (Lipinski definition) is 4. The minimum absolute atomic E-state index is 0.699. The molecule has 1 fully saturated rings. The van der Waals surface area contributed by atoms with Crippen molar-refractivity contribution >= 4 is 10.9 Å². The third-order valence-corrected chi connectivity index (χ3v) is 4.76. The number of nitrogens with zero attached hydrogens (tertiary/aromatic N) is 4. The van der Waals surface area contributed by atoms with Crippen LogP contribution in [-0.2, 0) is 0 Å². The van der Waals surface area contributed by atoms with Crippen LogP contribution in [0.5, 0.6) is 5.75 Å². The van der Waals surface area contributed by atoms with Crippen molar-refractivity contribution in [3.05, 3.63) is 47.8 Å². The number of hydrogen-bond donors (Lipinski definition) is 0. The largest absolute Gasteiger partial charge is 0.490 e. The molecule has 1 saturated heterocycles. The molecule has 3 aromatic rings. The van der Waals surface area contributed by atoms with Crippen LogP contribution in [0.4, 0.5) is 0 Å². The van der Waals surface area contributed by atoms with Crippen LogP contribution >= 0.6 is 0 Å². The van der Waals surface area contributed by atoms with Gasteiger partial charge in [-0.2, -0.15) is 5.10 Å². The highest BCUT2D eigenvalue weighted by atomic mass is 16.5. The maximum atomic E-state index is 6.07. The van der Waals surface area contributed by atoms with Crippen LogP contribution in [0.3, 0.4) is 0 Å². The highest BCUT2D eigenvalue weighted by Gasteiger charge is 2.12. The Labute approximate surface area is 148 Å². The molecule has 130 valence electrons. The van der Waals surface area contributed by atoms with Gasteiger partial charge in [-0.25, -0.2) is 9.67 Å². The molecule has 0 bridgehead atoms. The lowest BCUT2D eigenvalue weighted by Gasteiger charge is -2.15. The minimum Gasteiger partial charge on any atom is -0.490 e. The number of ether oxygens (including phenoxy) is 1. The van der Waals surface area contributed by atoms with E-state index < -0.39 is 0 Å². The molecule has 2 aromatic heterocycles. The van der Waals surface area contributed by atoms with E-state index in [1.807, 2.05) is 36.7 Å². The summed E-state index contributed by atoms with van der Waals surface area (Å²) in [5.74, 6) is 1.67. The van der Waals surface area contributed by atoms with E-state index in [1.165, 1.54) is 25.9 Å².